The lowest BCUT2D eigenvalue weighted by Crippen LogP contribution is -2.29. The number of rotatable bonds is 8. The van der Waals surface area contributed by atoms with Crippen LogP contribution in [0.5, 0.6) is 0 Å². The zero-order chi connectivity index (χ0) is 15.0. The monoisotopic (exact) mass is 294 g/mol. The predicted octanol–water partition coefficient (Wildman–Crippen LogP) is 3.05. The Morgan fingerprint density at radius 3 is 2.40 bits per heavy atom. The van der Waals surface area contributed by atoms with Crippen molar-refractivity contribution in [2.75, 3.05) is 6.54 Å². The number of nitrogens with one attached hydrogen (secondary N) is 1. The van der Waals surface area contributed by atoms with Crippen LogP contribution in [0.3, 0.4) is 0 Å². The average Bonchev–Trinajstić information content (AvgIpc) is 2.47. The Kier molecular flexibility index (Phi) is 6.69. The Morgan fingerprint density at radius 2 is 1.90 bits per heavy atom. The number of sulfonamides is 1. The molecule has 0 aliphatic rings. The second kappa shape index (κ2) is 8.03. The van der Waals surface area contributed by atoms with Gasteiger partial charge in [0.25, 0.3) is 0 Å². The average molecular weight is 294 g/mol. The van der Waals surface area contributed by atoms with Crippen LogP contribution in [-0.2, 0) is 10.0 Å². The van der Waals surface area contributed by atoms with E-state index in [0.717, 1.165) is 25.7 Å². The molecule has 0 radical (unpaired) electrons. The molecule has 0 saturated heterocycles. The van der Waals surface area contributed by atoms with Crippen LogP contribution >= 0.6 is 0 Å². The van der Waals surface area contributed by atoms with E-state index in [4.69, 9.17) is 5.26 Å². The molecule has 4 nitrogen and oxygen atoms in total. The highest BCUT2D eigenvalue weighted by atomic mass is 32.2. The van der Waals surface area contributed by atoms with Gasteiger partial charge in [0.2, 0.25) is 10.0 Å². The van der Waals surface area contributed by atoms with E-state index in [-0.39, 0.29) is 4.90 Å². The smallest absolute Gasteiger partial charge is 0.211 e. The van der Waals surface area contributed by atoms with E-state index in [1.165, 1.54) is 24.3 Å². The molecule has 1 atom stereocenters. The molecule has 1 aromatic rings. The van der Waals surface area contributed by atoms with Crippen molar-refractivity contribution in [3.05, 3.63) is 29.8 Å². The molecular weight excluding hydrogens is 272 g/mol. The largest absolute Gasteiger partial charge is 0.240 e. The first kappa shape index (κ1) is 16.7. The third kappa shape index (κ3) is 4.95. The second-order valence-electron chi connectivity index (χ2n) is 4.90. The fourth-order valence-corrected chi connectivity index (χ4v) is 3.08. The van der Waals surface area contributed by atoms with Crippen molar-refractivity contribution in [3.63, 3.8) is 0 Å². The number of hydrogen-bond acceptors (Lipinski definition) is 3. The van der Waals surface area contributed by atoms with Crippen LogP contribution in [0.2, 0.25) is 0 Å². The molecule has 0 spiro atoms. The first-order valence-corrected chi connectivity index (χ1v) is 8.51. The molecular formula is C15H22N2O2S. The minimum Gasteiger partial charge on any atom is -0.211 e. The van der Waals surface area contributed by atoms with Gasteiger partial charge in [0.15, 0.2) is 0 Å². The summed E-state index contributed by atoms with van der Waals surface area (Å²) in [5.74, 6) is 0.378. The van der Waals surface area contributed by atoms with Gasteiger partial charge < -0.3 is 0 Å². The first-order chi connectivity index (χ1) is 9.53. The van der Waals surface area contributed by atoms with Gasteiger partial charge in [-0.1, -0.05) is 33.1 Å². The minimum atomic E-state index is -3.47. The molecule has 5 heteroatoms. The number of unbranched alkanes of at least 4 members (excludes halogenated alkanes) is 1. The lowest BCUT2D eigenvalue weighted by atomic mass is 10.00. The number of nitrogens with zero attached hydrogens (tertiary/aromatic N) is 1. The van der Waals surface area contributed by atoms with Crippen LogP contribution in [0.1, 0.15) is 45.1 Å². The summed E-state index contributed by atoms with van der Waals surface area (Å²) >= 11 is 0. The van der Waals surface area contributed by atoms with Crippen LogP contribution in [0.15, 0.2) is 29.2 Å². The molecule has 0 amide bonds. The van der Waals surface area contributed by atoms with Crippen LogP contribution in [-0.4, -0.2) is 15.0 Å². The molecule has 0 saturated carbocycles. The fraction of sp³-hybridized carbons (Fsp3) is 0.533. The van der Waals surface area contributed by atoms with Gasteiger partial charge >= 0.3 is 0 Å². The Morgan fingerprint density at radius 1 is 1.25 bits per heavy atom. The normalized spacial score (nSPS) is 12.8. The van der Waals surface area contributed by atoms with Gasteiger partial charge in [-0.05, 0) is 36.6 Å². The highest BCUT2D eigenvalue weighted by Gasteiger charge is 2.16. The van der Waals surface area contributed by atoms with Gasteiger partial charge in [0.05, 0.1) is 16.5 Å². The highest BCUT2D eigenvalue weighted by Crippen LogP contribution is 2.14. The van der Waals surface area contributed by atoms with E-state index in [2.05, 4.69) is 18.6 Å². The quantitative estimate of drug-likeness (QED) is 0.801. The maximum Gasteiger partial charge on any atom is 0.240 e. The van der Waals surface area contributed by atoms with E-state index >= 15 is 0 Å². The van der Waals surface area contributed by atoms with Crippen LogP contribution < -0.4 is 4.72 Å². The van der Waals surface area contributed by atoms with Crippen molar-refractivity contribution >= 4 is 10.0 Å². The van der Waals surface area contributed by atoms with E-state index in [1.807, 2.05) is 6.07 Å². The maximum absolute atomic E-state index is 12.1. The number of hydrogen-bond donors (Lipinski definition) is 1. The minimum absolute atomic E-state index is 0.210. The highest BCUT2D eigenvalue weighted by molar-refractivity contribution is 7.89. The molecule has 0 aromatic heterocycles. The molecule has 1 rings (SSSR count). The van der Waals surface area contributed by atoms with Crippen LogP contribution in [0.25, 0.3) is 0 Å². The number of benzene rings is 1. The Bertz CT molecular complexity index is 544. The summed E-state index contributed by atoms with van der Waals surface area (Å²) < 4.78 is 26.9. The van der Waals surface area contributed by atoms with E-state index in [9.17, 15) is 8.42 Å². The Labute approximate surface area is 121 Å². The van der Waals surface area contributed by atoms with Crippen molar-refractivity contribution in [3.8, 4) is 6.07 Å². The van der Waals surface area contributed by atoms with Crippen molar-refractivity contribution in [2.24, 2.45) is 5.92 Å². The second-order valence-corrected chi connectivity index (χ2v) is 6.67. The van der Waals surface area contributed by atoms with Crippen molar-refractivity contribution in [2.45, 2.75) is 44.4 Å². The summed E-state index contributed by atoms with van der Waals surface area (Å²) in [4.78, 5) is 0.210. The van der Waals surface area contributed by atoms with Gasteiger partial charge in [0, 0.05) is 6.54 Å². The first-order valence-electron chi connectivity index (χ1n) is 7.03. The molecule has 0 bridgehead atoms. The third-order valence-electron chi connectivity index (χ3n) is 3.40. The van der Waals surface area contributed by atoms with Gasteiger partial charge in [-0.25, -0.2) is 13.1 Å². The zero-order valence-corrected chi connectivity index (χ0v) is 12.9. The van der Waals surface area contributed by atoms with Crippen molar-refractivity contribution in [1.29, 1.82) is 5.26 Å². The van der Waals surface area contributed by atoms with Gasteiger partial charge in [-0.15, -0.1) is 0 Å². The summed E-state index contributed by atoms with van der Waals surface area (Å²) in [6.07, 6.45) is 4.26. The topological polar surface area (TPSA) is 70.0 Å². The van der Waals surface area contributed by atoms with Gasteiger partial charge in [0.1, 0.15) is 0 Å². The number of nitriles is 1. The predicted molar refractivity (Wildman–Crippen MR) is 79.7 cm³/mol. The maximum atomic E-state index is 12.1. The summed E-state index contributed by atoms with van der Waals surface area (Å²) in [5, 5.41) is 8.71. The van der Waals surface area contributed by atoms with Crippen LogP contribution in [0.4, 0.5) is 0 Å². The lowest BCUT2D eigenvalue weighted by Gasteiger charge is -2.15. The molecule has 1 unspecified atom stereocenters. The molecule has 0 aliphatic carbocycles. The Balaban J connectivity index is 2.66. The van der Waals surface area contributed by atoms with E-state index < -0.39 is 10.0 Å². The van der Waals surface area contributed by atoms with Crippen molar-refractivity contribution in [1.82, 2.24) is 4.72 Å². The standard InChI is InChI=1S/C15H22N2O2S/c1-3-5-6-13(4-2)12-17-20(18,19)15-9-7-14(11-16)8-10-15/h7-10,13,17H,3-6,12H2,1-2H3. The summed E-state index contributed by atoms with van der Waals surface area (Å²) in [6.45, 7) is 4.68. The van der Waals surface area contributed by atoms with Gasteiger partial charge in [-0.3, -0.25) is 0 Å². The molecule has 0 heterocycles. The zero-order valence-electron chi connectivity index (χ0n) is 12.1. The molecule has 0 aliphatic heterocycles. The van der Waals surface area contributed by atoms with E-state index in [0.29, 0.717) is 18.0 Å². The summed E-state index contributed by atoms with van der Waals surface area (Å²) in [5.41, 5.74) is 0.457. The SMILES string of the molecule is CCCCC(CC)CNS(=O)(=O)c1ccc(C#N)cc1. The molecule has 1 N–H and O–H groups in total. The Hall–Kier alpha value is -1.38. The summed E-state index contributed by atoms with van der Waals surface area (Å²) in [6, 6.07) is 7.94. The molecule has 0 fully saturated rings. The lowest BCUT2D eigenvalue weighted by molar-refractivity contribution is 0.444. The van der Waals surface area contributed by atoms with E-state index in [1.54, 1.807) is 0 Å². The van der Waals surface area contributed by atoms with Gasteiger partial charge in [-0.2, -0.15) is 5.26 Å². The summed E-state index contributed by atoms with van der Waals surface area (Å²) in [7, 11) is -3.47. The van der Waals surface area contributed by atoms with Crippen molar-refractivity contribution < 1.29 is 8.42 Å². The molecule has 110 valence electrons. The fourth-order valence-electron chi connectivity index (χ4n) is 1.96. The molecule has 20 heavy (non-hydrogen) atoms. The van der Waals surface area contributed by atoms with Crippen LogP contribution in [0, 0.1) is 17.2 Å². The molecule has 1 aromatic carbocycles. The third-order valence-corrected chi connectivity index (χ3v) is 4.84.